The lowest BCUT2D eigenvalue weighted by Gasteiger charge is -2.06. The standard InChI is InChI=1S/C13H13FN2O4/c1-19-11-4-3-9(7-10(11)14)13(18)20-8-12(17)16-6-2-5-15/h3-4,7H,2,6,8H2,1H3,(H,16,17). The average Bonchev–Trinajstić information content (AvgIpc) is 2.45. The van der Waals surface area contributed by atoms with Crippen molar-refractivity contribution in [1.29, 1.82) is 5.26 Å². The molecule has 0 unspecified atom stereocenters. The van der Waals surface area contributed by atoms with Crippen LogP contribution in [-0.4, -0.2) is 32.1 Å². The third kappa shape index (κ3) is 4.57. The lowest BCUT2D eigenvalue weighted by Crippen LogP contribution is -2.29. The second-order valence-electron chi connectivity index (χ2n) is 3.68. The van der Waals surface area contributed by atoms with Crippen molar-refractivity contribution in [2.45, 2.75) is 6.42 Å². The van der Waals surface area contributed by atoms with Crippen LogP contribution in [0.5, 0.6) is 5.75 Å². The first-order chi connectivity index (χ1) is 9.58. The lowest BCUT2D eigenvalue weighted by molar-refractivity contribution is -0.124. The van der Waals surface area contributed by atoms with Crippen LogP contribution in [0.15, 0.2) is 18.2 Å². The van der Waals surface area contributed by atoms with E-state index in [0.29, 0.717) is 0 Å². The number of benzene rings is 1. The van der Waals surface area contributed by atoms with E-state index < -0.39 is 24.3 Å². The number of halogens is 1. The van der Waals surface area contributed by atoms with E-state index >= 15 is 0 Å². The van der Waals surface area contributed by atoms with Gasteiger partial charge in [-0.2, -0.15) is 5.26 Å². The molecular formula is C13H13FN2O4. The van der Waals surface area contributed by atoms with Crippen molar-refractivity contribution in [2.75, 3.05) is 20.3 Å². The van der Waals surface area contributed by atoms with Crippen molar-refractivity contribution in [2.24, 2.45) is 0 Å². The predicted molar refractivity (Wildman–Crippen MR) is 66.5 cm³/mol. The summed E-state index contributed by atoms with van der Waals surface area (Å²) in [5.74, 6) is -2.03. The number of rotatable bonds is 6. The van der Waals surface area contributed by atoms with Gasteiger partial charge in [-0.3, -0.25) is 4.79 Å². The third-order valence-electron chi connectivity index (χ3n) is 2.28. The Bertz CT molecular complexity index is 540. The highest BCUT2D eigenvalue weighted by Gasteiger charge is 2.12. The van der Waals surface area contributed by atoms with Crippen molar-refractivity contribution in [3.05, 3.63) is 29.6 Å². The maximum absolute atomic E-state index is 13.4. The summed E-state index contributed by atoms with van der Waals surface area (Å²) in [5, 5.41) is 10.7. The quantitative estimate of drug-likeness (QED) is 0.621. The number of nitriles is 1. The summed E-state index contributed by atoms with van der Waals surface area (Å²) in [4.78, 5) is 22.8. The van der Waals surface area contributed by atoms with E-state index in [1.54, 1.807) is 0 Å². The highest BCUT2D eigenvalue weighted by molar-refractivity contribution is 5.91. The molecule has 0 saturated heterocycles. The Morgan fingerprint density at radius 2 is 2.20 bits per heavy atom. The Labute approximate surface area is 115 Å². The Kier molecular flexibility index (Phi) is 5.97. The zero-order chi connectivity index (χ0) is 15.0. The van der Waals surface area contributed by atoms with Gasteiger partial charge in [0.15, 0.2) is 18.2 Å². The first-order valence-corrected chi connectivity index (χ1v) is 5.72. The van der Waals surface area contributed by atoms with Gasteiger partial charge in [-0.15, -0.1) is 0 Å². The number of hydrogen-bond donors (Lipinski definition) is 1. The van der Waals surface area contributed by atoms with E-state index in [1.165, 1.54) is 19.2 Å². The minimum Gasteiger partial charge on any atom is -0.494 e. The summed E-state index contributed by atoms with van der Waals surface area (Å²) in [7, 11) is 1.31. The van der Waals surface area contributed by atoms with Crippen molar-refractivity contribution in [1.82, 2.24) is 5.32 Å². The molecule has 1 N–H and O–H groups in total. The van der Waals surface area contributed by atoms with Gasteiger partial charge in [-0.1, -0.05) is 0 Å². The molecule has 0 spiro atoms. The molecule has 1 rings (SSSR count). The fraction of sp³-hybridized carbons (Fsp3) is 0.308. The fourth-order valence-electron chi connectivity index (χ4n) is 1.32. The molecule has 0 aliphatic carbocycles. The Hall–Kier alpha value is -2.62. The summed E-state index contributed by atoms with van der Waals surface area (Å²) in [6.45, 7) is -0.304. The topological polar surface area (TPSA) is 88.4 Å². The second-order valence-corrected chi connectivity index (χ2v) is 3.68. The van der Waals surface area contributed by atoms with Crippen molar-refractivity contribution in [3.8, 4) is 11.8 Å². The molecule has 0 aliphatic heterocycles. The monoisotopic (exact) mass is 280 g/mol. The fourth-order valence-corrected chi connectivity index (χ4v) is 1.32. The van der Waals surface area contributed by atoms with Gasteiger partial charge in [0, 0.05) is 6.54 Å². The van der Waals surface area contributed by atoms with Crippen LogP contribution < -0.4 is 10.1 Å². The molecule has 0 bridgehead atoms. The molecule has 0 atom stereocenters. The molecule has 1 amide bonds. The smallest absolute Gasteiger partial charge is 0.338 e. The van der Waals surface area contributed by atoms with Gasteiger partial charge < -0.3 is 14.8 Å². The normalized spacial score (nSPS) is 9.45. The van der Waals surface area contributed by atoms with Gasteiger partial charge in [0.25, 0.3) is 5.91 Å². The van der Waals surface area contributed by atoms with Crippen LogP contribution in [-0.2, 0) is 9.53 Å². The largest absolute Gasteiger partial charge is 0.494 e. The van der Waals surface area contributed by atoms with Gasteiger partial charge in [0.2, 0.25) is 0 Å². The van der Waals surface area contributed by atoms with Gasteiger partial charge >= 0.3 is 5.97 Å². The number of esters is 1. The highest BCUT2D eigenvalue weighted by Crippen LogP contribution is 2.18. The molecule has 6 nitrogen and oxygen atoms in total. The number of carbonyl (C=O) groups is 2. The first kappa shape index (κ1) is 15.4. The zero-order valence-electron chi connectivity index (χ0n) is 10.8. The summed E-state index contributed by atoms with van der Waals surface area (Å²) >= 11 is 0. The van der Waals surface area contributed by atoms with Crippen LogP contribution in [0.25, 0.3) is 0 Å². The Balaban J connectivity index is 2.49. The maximum Gasteiger partial charge on any atom is 0.338 e. The average molecular weight is 280 g/mol. The van der Waals surface area contributed by atoms with Crippen LogP contribution >= 0.6 is 0 Å². The van der Waals surface area contributed by atoms with E-state index in [-0.39, 0.29) is 24.3 Å². The number of nitrogens with one attached hydrogen (secondary N) is 1. The molecule has 106 valence electrons. The van der Waals surface area contributed by atoms with Gasteiger partial charge in [-0.05, 0) is 18.2 Å². The molecule has 7 heteroatoms. The molecule has 1 aromatic rings. The van der Waals surface area contributed by atoms with Crippen molar-refractivity contribution >= 4 is 11.9 Å². The van der Waals surface area contributed by atoms with Gasteiger partial charge in [-0.25, -0.2) is 9.18 Å². The van der Waals surface area contributed by atoms with E-state index in [9.17, 15) is 14.0 Å². The van der Waals surface area contributed by atoms with Crippen LogP contribution in [0.4, 0.5) is 4.39 Å². The van der Waals surface area contributed by atoms with Crippen molar-refractivity contribution in [3.63, 3.8) is 0 Å². The molecule has 20 heavy (non-hydrogen) atoms. The second kappa shape index (κ2) is 7.74. The molecule has 1 aromatic carbocycles. The van der Waals surface area contributed by atoms with E-state index in [1.807, 2.05) is 6.07 Å². The van der Waals surface area contributed by atoms with E-state index in [4.69, 9.17) is 14.7 Å². The van der Waals surface area contributed by atoms with Crippen LogP contribution in [0.3, 0.4) is 0 Å². The number of carbonyl (C=O) groups excluding carboxylic acids is 2. The zero-order valence-corrected chi connectivity index (χ0v) is 10.8. The third-order valence-corrected chi connectivity index (χ3v) is 2.28. The van der Waals surface area contributed by atoms with E-state index in [0.717, 1.165) is 6.07 Å². The van der Waals surface area contributed by atoms with Gasteiger partial charge in [0.05, 0.1) is 25.2 Å². The molecule has 0 aromatic heterocycles. The minimum atomic E-state index is -0.818. The van der Waals surface area contributed by atoms with Crippen LogP contribution in [0, 0.1) is 17.1 Å². The molecule has 0 fully saturated rings. The molecular weight excluding hydrogens is 267 g/mol. The molecule has 0 saturated carbocycles. The van der Waals surface area contributed by atoms with Gasteiger partial charge in [0.1, 0.15) is 0 Å². The minimum absolute atomic E-state index is 0.01000. The van der Waals surface area contributed by atoms with E-state index in [2.05, 4.69) is 5.32 Å². The number of hydrogen-bond acceptors (Lipinski definition) is 5. The van der Waals surface area contributed by atoms with Crippen LogP contribution in [0.2, 0.25) is 0 Å². The SMILES string of the molecule is COc1ccc(C(=O)OCC(=O)NCCC#N)cc1F. The number of methoxy groups -OCH3 is 1. The maximum atomic E-state index is 13.4. The Morgan fingerprint density at radius 3 is 2.80 bits per heavy atom. The summed E-state index contributed by atoms with van der Waals surface area (Å²) in [6, 6.07) is 5.44. The predicted octanol–water partition coefficient (Wildman–Crippen LogP) is 1.02. The number of nitrogens with zero attached hydrogens (tertiary/aromatic N) is 1. The van der Waals surface area contributed by atoms with Crippen LogP contribution in [0.1, 0.15) is 16.8 Å². The number of amides is 1. The summed E-state index contributed by atoms with van der Waals surface area (Å²) < 4.78 is 22.8. The lowest BCUT2D eigenvalue weighted by atomic mass is 10.2. The highest BCUT2D eigenvalue weighted by atomic mass is 19.1. The number of ether oxygens (including phenoxy) is 2. The summed E-state index contributed by atoms with van der Waals surface area (Å²) in [5.41, 5.74) is -0.0203. The summed E-state index contributed by atoms with van der Waals surface area (Å²) in [6.07, 6.45) is 0.170. The van der Waals surface area contributed by atoms with Crippen molar-refractivity contribution < 1.29 is 23.5 Å². The molecule has 0 radical (unpaired) electrons. The Morgan fingerprint density at radius 1 is 1.45 bits per heavy atom. The first-order valence-electron chi connectivity index (χ1n) is 5.72. The molecule has 0 aliphatic rings. The molecule has 0 heterocycles.